The Morgan fingerprint density at radius 1 is 1.12 bits per heavy atom. The van der Waals surface area contributed by atoms with Gasteiger partial charge >= 0.3 is 0 Å². The molecule has 0 aliphatic rings. The molecule has 8 heteroatoms. The molecule has 1 aromatic heterocycles. The minimum Gasteiger partial charge on any atom is -0.481 e. The molecule has 0 bridgehead atoms. The number of ether oxygens (including phenoxy) is 2. The van der Waals surface area contributed by atoms with E-state index in [9.17, 15) is 14.0 Å². The molecule has 2 N–H and O–H groups in total. The summed E-state index contributed by atoms with van der Waals surface area (Å²) in [4.78, 5) is 27.6. The molecule has 0 saturated heterocycles. The van der Waals surface area contributed by atoms with Gasteiger partial charge in [-0.1, -0.05) is 12.1 Å². The largest absolute Gasteiger partial charge is 0.481 e. The number of rotatable bonds is 6. The van der Waals surface area contributed by atoms with Crippen LogP contribution in [0.5, 0.6) is 11.6 Å². The predicted molar refractivity (Wildman–Crippen MR) is 82.9 cm³/mol. The van der Waals surface area contributed by atoms with Gasteiger partial charge in [0.25, 0.3) is 11.8 Å². The lowest BCUT2D eigenvalue weighted by Gasteiger charge is -2.11. The number of hydrogen-bond donors (Lipinski definition) is 2. The maximum absolute atomic E-state index is 13.3. The van der Waals surface area contributed by atoms with E-state index in [0.717, 1.165) is 0 Å². The number of halogens is 1. The van der Waals surface area contributed by atoms with Gasteiger partial charge in [0.05, 0.1) is 6.61 Å². The van der Waals surface area contributed by atoms with Crippen LogP contribution in [-0.2, 0) is 4.79 Å². The molecule has 2 aromatic rings. The monoisotopic (exact) mass is 333 g/mol. The Morgan fingerprint density at radius 2 is 1.92 bits per heavy atom. The van der Waals surface area contributed by atoms with E-state index in [4.69, 9.17) is 9.47 Å². The van der Waals surface area contributed by atoms with Gasteiger partial charge in [-0.05, 0) is 31.2 Å². The van der Waals surface area contributed by atoms with Gasteiger partial charge in [-0.3, -0.25) is 20.4 Å². The summed E-state index contributed by atoms with van der Waals surface area (Å²) < 4.78 is 23.6. The molecule has 1 heterocycles. The van der Waals surface area contributed by atoms with Gasteiger partial charge in [0.1, 0.15) is 5.56 Å². The molecule has 24 heavy (non-hydrogen) atoms. The molecule has 2 rings (SSSR count). The number of hydrazine groups is 1. The number of benzene rings is 1. The summed E-state index contributed by atoms with van der Waals surface area (Å²) in [6.45, 7) is 1.66. The van der Waals surface area contributed by atoms with Crippen molar-refractivity contribution in [1.82, 2.24) is 15.8 Å². The molecule has 2 amide bonds. The van der Waals surface area contributed by atoms with E-state index in [2.05, 4.69) is 15.8 Å². The third kappa shape index (κ3) is 4.67. The first-order valence-electron chi connectivity index (χ1n) is 7.16. The highest BCUT2D eigenvalue weighted by atomic mass is 19.1. The van der Waals surface area contributed by atoms with Gasteiger partial charge < -0.3 is 9.47 Å². The summed E-state index contributed by atoms with van der Waals surface area (Å²) in [5.74, 6) is -1.70. The molecule has 0 unspecified atom stereocenters. The minimum absolute atomic E-state index is 0.0510. The lowest BCUT2D eigenvalue weighted by Crippen LogP contribution is -2.44. The van der Waals surface area contributed by atoms with Crippen LogP contribution in [0.1, 0.15) is 17.3 Å². The van der Waals surface area contributed by atoms with Crippen LogP contribution in [0.2, 0.25) is 0 Å². The highest BCUT2D eigenvalue weighted by Gasteiger charge is 2.14. The first-order valence-corrected chi connectivity index (χ1v) is 7.16. The van der Waals surface area contributed by atoms with E-state index < -0.39 is 24.2 Å². The second-order valence-corrected chi connectivity index (χ2v) is 4.51. The van der Waals surface area contributed by atoms with Crippen LogP contribution < -0.4 is 20.3 Å². The summed E-state index contributed by atoms with van der Waals surface area (Å²) in [5, 5.41) is 0. The Bertz CT molecular complexity index is 724. The van der Waals surface area contributed by atoms with E-state index in [-0.39, 0.29) is 17.2 Å². The quantitative estimate of drug-likeness (QED) is 0.781. The van der Waals surface area contributed by atoms with Gasteiger partial charge in [-0.25, -0.2) is 9.37 Å². The number of para-hydroxylation sites is 1. The molecular weight excluding hydrogens is 317 g/mol. The highest BCUT2D eigenvalue weighted by molar-refractivity contribution is 5.97. The molecule has 0 aliphatic heterocycles. The Hall–Kier alpha value is -3.16. The molecule has 0 aliphatic carbocycles. The molecular formula is C16H16FN3O4. The van der Waals surface area contributed by atoms with Crippen molar-refractivity contribution < 1.29 is 23.5 Å². The number of pyridine rings is 1. The van der Waals surface area contributed by atoms with E-state index in [1.165, 1.54) is 30.5 Å². The van der Waals surface area contributed by atoms with Crippen molar-refractivity contribution in [1.29, 1.82) is 0 Å². The number of carbonyl (C=O) groups is 2. The Morgan fingerprint density at radius 3 is 2.67 bits per heavy atom. The van der Waals surface area contributed by atoms with Crippen LogP contribution in [0.15, 0.2) is 42.6 Å². The highest BCUT2D eigenvalue weighted by Crippen LogP contribution is 2.15. The third-order valence-electron chi connectivity index (χ3n) is 2.81. The summed E-state index contributed by atoms with van der Waals surface area (Å²) in [5.41, 5.74) is 4.56. The fourth-order valence-corrected chi connectivity index (χ4v) is 1.75. The van der Waals surface area contributed by atoms with Crippen molar-refractivity contribution in [3.63, 3.8) is 0 Å². The molecule has 7 nitrogen and oxygen atoms in total. The number of aromatic nitrogens is 1. The second kappa shape index (κ2) is 8.47. The van der Waals surface area contributed by atoms with Crippen LogP contribution in [0.4, 0.5) is 4.39 Å². The average molecular weight is 333 g/mol. The Balaban J connectivity index is 1.85. The van der Waals surface area contributed by atoms with Gasteiger partial charge in [-0.15, -0.1) is 0 Å². The van der Waals surface area contributed by atoms with Crippen LogP contribution in [-0.4, -0.2) is 30.0 Å². The normalized spacial score (nSPS) is 9.92. The molecule has 126 valence electrons. The van der Waals surface area contributed by atoms with E-state index in [1.807, 2.05) is 0 Å². The lowest BCUT2D eigenvalue weighted by atomic mass is 10.2. The number of nitrogens with zero attached hydrogens (tertiary/aromatic N) is 1. The zero-order chi connectivity index (χ0) is 17.4. The van der Waals surface area contributed by atoms with Crippen LogP contribution in [0.25, 0.3) is 0 Å². The topological polar surface area (TPSA) is 89.5 Å². The lowest BCUT2D eigenvalue weighted by molar-refractivity contribution is -0.123. The molecule has 1 aromatic carbocycles. The zero-order valence-electron chi connectivity index (χ0n) is 12.9. The average Bonchev–Trinajstić information content (AvgIpc) is 2.60. The second-order valence-electron chi connectivity index (χ2n) is 4.51. The standard InChI is InChI=1S/C16H16FN3O4/c1-2-23-16-11(6-5-9-18-16)15(22)20-19-14(21)10-24-13-8-4-3-7-12(13)17/h3-9H,2,10H2,1H3,(H,19,21)(H,20,22). The first kappa shape index (κ1) is 17.2. The summed E-state index contributed by atoms with van der Waals surface area (Å²) >= 11 is 0. The van der Waals surface area contributed by atoms with Crippen LogP contribution in [0, 0.1) is 5.82 Å². The van der Waals surface area contributed by atoms with Crippen LogP contribution >= 0.6 is 0 Å². The summed E-state index contributed by atoms with van der Waals surface area (Å²) in [6, 6.07) is 8.77. The number of carbonyl (C=O) groups excluding carboxylic acids is 2. The van der Waals surface area contributed by atoms with Gasteiger partial charge in [-0.2, -0.15) is 0 Å². The molecule has 0 atom stereocenters. The van der Waals surface area contributed by atoms with Crippen molar-refractivity contribution in [3.8, 4) is 11.6 Å². The van der Waals surface area contributed by atoms with E-state index in [0.29, 0.717) is 6.61 Å². The summed E-state index contributed by atoms with van der Waals surface area (Å²) in [6.07, 6.45) is 1.49. The molecule has 0 spiro atoms. The number of nitrogens with one attached hydrogen (secondary N) is 2. The smallest absolute Gasteiger partial charge is 0.276 e. The van der Waals surface area contributed by atoms with Crippen LogP contribution in [0.3, 0.4) is 0 Å². The SMILES string of the molecule is CCOc1ncccc1C(=O)NNC(=O)COc1ccccc1F. The van der Waals surface area contributed by atoms with Crippen molar-refractivity contribution in [3.05, 3.63) is 54.0 Å². The van der Waals surface area contributed by atoms with E-state index in [1.54, 1.807) is 19.1 Å². The van der Waals surface area contributed by atoms with Gasteiger partial charge in [0.2, 0.25) is 5.88 Å². The maximum Gasteiger partial charge on any atom is 0.276 e. The summed E-state index contributed by atoms with van der Waals surface area (Å²) in [7, 11) is 0. The van der Waals surface area contributed by atoms with Crippen molar-refractivity contribution >= 4 is 11.8 Å². The van der Waals surface area contributed by atoms with E-state index >= 15 is 0 Å². The van der Waals surface area contributed by atoms with Crippen molar-refractivity contribution in [2.75, 3.05) is 13.2 Å². The van der Waals surface area contributed by atoms with Gasteiger partial charge in [0, 0.05) is 6.20 Å². The van der Waals surface area contributed by atoms with Gasteiger partial charge in [0.15, 0.2) is 18.2 Å². The zero-order valence-corrected chi connectivity index (χ0v) is 12.9. The third-order valence-corrected chi connectivity index (χ3v) is 2.81. The Kier molecular flexibility index (Phi) is 6.07. The maximum atomic E-state index is 13.3. The predicted octanol–water partition coefficient (Wildman–Crippen LogP) is 1.46. The molecule has 0 radical (unpaired) electrons. The number of amides is 2. The Labute approximate surface area is 137 Å². The fraction of sp³-hybridized carbons (Fsp3) is 0.188. The number of hydrogen-bond acceptors (Lipinski definition) is 5. The van der Waals surface area contributed by atoms with Crippen molar-refractivity contribution in [2.24, 2.45) is 0 Å². The van der Waals surface area contributed by atoms with Crippen molar-refractivity contribution in [2.45, 2.75) is 6.92 Å². The molecule has 0 saturated carbocycles. The minimum atomic E-state index is -0.645. The fourth-order valence-electron chi connectivity index (χ4n) is 1.75. The first-order chi connectivity index (χ1) is 11.6. The molecule has 0 fully saturated rings.